The molecule has 1 atom stereocenters. The maximum atomic E-state index is 5.25. The number of likely N-dealkylation sites (N-methyl/N-ethyl adjacent to an activating group) is 2. The van der Waals surface area contributed by atoms with Crippen molar-refractivity contribution in [3.8, 4) is 0 Å². The van der Waals surface area contributed by atoms with Crippen LogP contribution in [0.2, 0.25) is 0 Å². The van der Waals surface area contributed by atoms with Gasteiger partial charge in [-0.05, 0) is 30.8 Å². The maximum absolute atomic E-state index is 5.25. The fourth-order valence-electron chi connectivity index (χ4n) is 2.03. The van der Waals surface area contributed by atoms with Crippen molar-refractivity contribution in [1.82, 2.24) is 15.2 Å². The Balaban J connectivity index is 2.49. The number of hydrogen-bond donors (Lipinski definition) is 1. The van der Waals surface area contributed by atoms with Crippen LogP contribution in [0, 0.1) is 0 Å². The van der Waals surface area contributed by atoms with Crippen molar-refractivity contribution in [2.24, 2.45) is 0 Å². The van der Waals surface area contributed by atoms with Gasteiger partial charge in [-0.3, -0.25) is 9.88 Å². The van der Waals surface area contributed by atoms with Crippen LogP contribution in [0.1, 0.15) is 19.4 Å². The van der Waals surface area contributed by atoms with Crippen molar-refractivity contribution >= 4 is 0 Å². The van der Waals surface area contributed by atoms with Gasteiger partial charge in [0.1, 0.15) is 0 Å². The molecule has 4 heteroatoms. The van der Waals surface area contributed by atoms with Gasteiger partial charge in [0.15, 0.2) is 0 Å². The molecule has 0 saturated heterocycles. The molecule has 4 nitrogen and oxygen atoms in total. The van der Waals surface area contributed by atoms with E-state index in [2.05, 4.69) is 41.2 Å². The van der Waals surface area contributed by atoms with E-state index in [-0.39, 0.29) is 0 Å². The Morgan fingerprint density at radius 3 is 2.61 bits per heavy atom. The first-order chi connectivity index (χ1) is 8.80. The summed E-state index contributed by atoms with van der Waals surface area (Å²) in [7, 11) is 1.75. The number of ether oxygens (including phenoxy) is 1. The van der Waals surface area contributed by atoms with Crippen molar-refractivity contribution in [2.45, 2.75) is 26.4 Å². The second-order valence-electron chi connectivity index (χ2n) is 4.39. The van der Waals surface area contributed by atoms with Gasteiger partial charge in [-0.15, -0.1) is 0 Å². The van der Waals surface area contributed by atoms with E-state index in [9.17, 15) is 0 Å². The zero-order chi connectivity index (χ0) is 13.2. The third-order valence-corrected chi connectivity index (χ3v) is 2.94. The van der Waals surface area contributed by atoms with E-state index in [1.54, 1.807) is 7.11 Å². The third-order valence-electron chi connectivity index (χ3n) is 2.94. The summed E-state index contributed by atoms with van der Waals surface area (Å²) in [6.45, 7) is 9.04. The second-order valence-corrected chi connectivity index (χ2v) is 4.39. The zero-order valence-electron chi connectivity index (χ0n) is 11.7. The molecule has 1 aromatic heterocycles. The molecular formula is C14H25N3O. The molecule has 0 aliphatic carbocycles. The molecule has 0 spiro atoms. The van der Waals surface area contributed by atoms with Crippen LogP contribution < -0.4 is 5.32 Å². The lowest BCUT2D eigenvalue weighted by atomic mass is 10.2. The van der Waals surface area contributed by atoms with Crippen LogP contribution in [0.15, 0.2) is 24.5 Å². The highest BCUT2D eigenvalue weighted by Crippen LogP contribution is 2.04. The highest BCUT2D eigenvalue weighted by molar-refractivity contribution is 5.09. The van der Waals surface area contributed by atoms with Gasteiger partial charge in [0, 0.05) is 38.6 Å². The van der Waals surface area contributed by atoms with Gasteiger partial charge in [0.05, 0.1) is 6.61 Å². The number of hydrogen-bond acceptors (Lipinski definition) is 4. The lowest BCUT2D eigenvalue weighted by Crippen LogP contribution is -2.43. The van der Waals surface area contributed by atoms with E-state index >= 15 is 0 Å². The minimum absolute atomic E-state index is 0.391. The molecule has 0 aromatic carbocycles. The van der Waals surface area contributed by atoms with Crippen LogP contribution in [0.3, 0.4) is 0 Å². The number of aromatic nitrogens is 1. The molecule has 0 amide bonds. The first-order valence-electron chi connectivity index (χ1n) is 6.63. The Hall–Kier alpha value is -0.970. The zero-order valence-corrected chi connectivity index (χ0v) is 11.7. The van der Waals surface area contributed by atoms with Crippen molar-refractivity contribution in [3.05, 3.63) is 30.1 Å². The molecule has 18 heavy (non-hydrogen) atoms. The molecule has 0 aliphatic heterocycles. The van der Waals surface area contributed by atoms with Crippen LogP contribution in [0.5, 0.6) is 0 Å². The van der Waals surface area contributed by atoms with Gasteiger partial charge in [-0.2, -0.15) is 0 Å². The fraction of sp³-hybridized carbons (Fsp3) is 0.643. The lowest BCUT2D eigenvalue weighted by Gasteiger charge is -2.26. The highest BCUT2D eigenvalue weighted by Gasteiger charge is 2.12. The normalized spacial score (nSPS) is 12.9. The van der Waals surface area contributed by atoms with E-state index in [4.69, 9.17) is 4.74 Å². The standard InChI is InChI=1S/C14H25N3O/c1-4-16-14(12-18-3)11-17(5-2)10-13-6-8-15-9-7-13/h6-9,14,16H,4-5,10-12H2,1-3H3. The first-order valence-corrected chi connectivity index (χ1v) is 6.63. The highest BCUT2D eigenvalue weighted by atomic mass is 16.5. The van der Waals surface area contributed by atoms with Crippen LogP contribution in [0.25, 0.3) is 0 Å². The predicted molar refractivity (Wildman–Crippen MR) is 74.5 cm³/mol. The summed E-state index contributed by atoms with van der Waals surface area (Å²) >= 11 is 0. The Labute approximate surface area is 110 Å². The van der Waals surface area contributed by atoms with Gasteiger partial charge < -0.3 is 10.1 Å². The first kappa shape index (κ1) is 15.1. The molecule has 0 radical (unpaired) electrons. The summed E-state index contributed by atoms with van der Waals surface area (Å²) in [5.41, 5.74) is 1.31. The predicted octanol–water partition coefficient (Wildman–Crippen LogP) is 1.53. The molecule has 0 fully saturated rings. The second kappa shape index (κ2) is 9.03. The van der Waals surface area contributed by atoms with Crippen molar-refractivity contribution < 1.29 is 4.74 Å². The van der Waals surface area contributed by atoms with Gasteiger partial charge in [-0.25, -0.2) is 0 Å². The molecule has 1 N–H and O–H groups in total. The summed E-state index contributed by atoms with van der Waals surface area (Å²) in [5.74, 6) is 0. The minimum Gasteiger partial charge on any atom is -0.383 e. The Kier molecular flexibility index (Phi) is 7.57. The number of nitrogens with zero attached hydrogens (tertiary/aromatic N) is 2. The lowest BCUT2D eigenvalue weighted by molar-refractivity contribution is 0.138. The monoisotopic (exact) mass is 251 g/mol. The van der Waals surface area contributed by atoms with Crippen molar-refractivity contribution in [1.29, 1.82) is 0 Å². The van der Waals surface area contributed by atoms with Crippen LogP contribution in [-0.2, 0) is 11.3 Å². The molecule has 0 bridgehead atoms. The van der Waals surface area contributed by atoms with Gasteiger partial charge >= 0.3 is 0 Å². The van der Waals surface area contributed by atoms with Crippen molar-refractivity contribution in [2.75, 3.05) is 33.4 Å². The smallest absolute Gasteiger partial charge is 0.0628 e. The van der Waals surface area contributed by atoms with Crippen LogP contribution in [-0.4, -0.2) is 49.3 Å². The third kappa shape index (κ3) is 5.58. The summed E-state index contributed by atoms with van der Waals surface area (Å²) < 4.78 is 5.25. The summed E-state index contributed by atoms with van der Waals surface area (Å²) in [6, 6.07) is 4.53. The molecule has 0 aliphatic rings. The topological polar surface area (TPSA) is 37.4 Å². The molecule has 1 heterocycles. The number of rotatable bonds is 9. The number of pyridine rings is 1. The van der Waals surface area contributed by atoms with Gasteiger partial charge in [0.2, 0.25) is 0 Å². The van der Waals surface area contributed by atoms with Crippen molar-refractivity contribution in [3.63, 3.8) is 0 Å². The van der Waals surface area contributed by atoms with Gasteiger partial charge in [-0.1, -0.05) is 13.8 Å². The summed E-state index contributed by atoms with van der Waals surface area (Å²) in [4.78, 5) is 6.47. The Morgan fingerprint density at radius 1 is 1.33 bits per heavy atom. The SMILES string of the molecule is CCNC(COC)CN(CC)Cc1ccncc1. The molecular weight excluding hydrogens is 226 g/mol. The quantitative estimate of drug-likeness (QED) is 0.722. The molecule has 1 aromatic rings. The average Bonchev–Trinajstić information content (AvgIpc) is 2.39. The summed E-state index contributed by atoms with van der Waals surface area (Å²) in [6.07, 6.45) is 3.69. The average molecular weight is 251 g/mol. The fourth-order valence-corrected chi connectivity index (χ4v) is 2.03. The minimum atomic E-state index is 0.391. The maximum Gasteiger partial charge on any atom is 0.0628 e. The molecule has 1 rings (SSSR count). The van der Waals surface area contributed by atoms with E-state index in [0.29, 0.717) is 6.04 Å². The Morgan fingerprint density at radius 2 is 2.06 bits per heavy atom. The van der Waals surface area contributed by atoms with Crippen LogP contribution in [0.4, 0.5) is 0 Å². The molecule has 0 saturated carbocycles. The Bertz CT molecular complexity index is 299. The largest absolute Gasteiger partial charge is 0.383 e. The van der Waals surface area contributed by atoms with E-state index < -0.39 is 0 Å². The van der Waals surface area contributed by atoms with E-state index in [1.807, 2.05) is 12.4 Å². The van der Waals surface area contributed by atoms with Crippen LogP contribution >= 0.6 is 0 Å². The van der Waals surface area contributed by atoms with E-state index in [1.165, 1.54) is 5.56 Å². The van der Waals surface area contributed by atoms with E-state index in [0.717, 1.165) is 32.8 Å². The van der Waals surface area contributed by atoms with Gasteiger partial charge in [0.25, 0.3) is 0 Å². The molecule has 102 valence electrons. The number of methoxy groups -OCH3 is 1. The number of nitrogens with one attached hydrogen (secondary N) is 1. The summed E-state index contributed by atoms with van der Waals surface area (Å²) in [5, 5.41) is 3.46. The molecule has 1 unspecified atom stereocenters.